The minimum atomic E-state index is -3.16. The number of halogens is 1. The van der Waals surface area contributed by atoms with Crippen molar-refractivity contribution in [3.63, 3.8) is 0 Å². The van der Waals surface area contributed by atoms with Crippen LogP contribution in [0.3, 0.4) is 0 Å². The molecule has 0 aliphatic heterocycles. The zero-order valence-corrected chi connectivity index (χ0v) is 14.9. The Hall–Kier alpha value is -2.74. The van der Waals surface area contributed by atoms with E-state index in [0.29, 0.717) is 11.1 Å². The van der Waals surface area contributed by atoms with Crippen LogP contribution >= 0.6 is 0 Å². The van der Waals surface area contributed by atoms with Gasteiger partial charge in [0.25, 0.3) is 5.91 Å². The van der Waals surface area contributed by atoms with Gasteiger partial charge in [0.2, 0.25) is 0 Å². The van der Waals surface area contributed by atoms with Crippen LogP contribution in [0.1, 0.15) is 21.5 Å². The van der Waals surface area contributed by atoms with Crippen molar-refractivity contribution in [3.05, 3.63) is 71.0 Å². The summed E-state index contributed by atoms with van der Waals surface area (Å²) in [6, 6.07) is 11.9. The summed E-state index contributed by atoms with van der Waals surface area (Å²) >= 11 is 0. The molecule has 6 nitrogen and oxygen atoms in total. The zero-order valence-electron chi connectivity index (χ0n) is 14.1. The molecular formula is C18H18FNO5S. The zero-order chi connectivity index (χ0) is 19.2. The lowest BCUT2D eigenvalue weighted by atomic mass is 10.1. The molecule has 0 spiro atoms. The van der Waals surface area contributed by atoms with Crippen LogP contribution in [0.4, 0.5) is 4.39 Å². The van der Waals surface area contributed by atoms with Gasteiger partial charge in [-0.2, -0.15) is 0 Å². The third-order valence-electron chi connectivity index (χ3n) is 3.39. The molecule has 0 radical (unpaired) electrons. The van der Waals surface area contributed by atoms with Gasteiger partial charge in [0, 0.05) is 18.4 Å². The van der Waals surface area contributed by atoms with Gasteiger partial charge in [-0.15, -0.1) is 0 Å². The predicted molar refractivity (Wildman–Crippen MR) is 93.5 cm³/mol. The number of benzene rings is 2. The fourth-order valence-corrected chi connectivity index (χ4v) is 2.94. The molecule has 0 aliphatic carbocycles. The summed E-state index contributed by atoms with van der Waals surface area (Å²) in [4.78, 5) is 23.6. The molecule has 1 amide bonds. The average molecular weight is 379 g/mol. The molecule has 2 aromatic carbocycles. The highest BCUT2D eigenvalue weighted by Crippen LogP contribution is 2.09. The largest absolute Gasteiger partial charge is 0.452 e. The Balaban J connectivity index is 1.82. The van der Waals surface area contributed by atoms with Crippen LogP contribution in [0.2, 0.25) is 0 Å². The second-order valence-corrected chi connectivity index (χ2v) is 7.85. The van der Waals surface area contributed by atoms with Crippen molar-refractivity contribution in [3.8, 4) is 0 Å². The second-order valence-electron chi connectivity index (χ2n) is 5.71. The number of carbonyl (C=O) groups excluding carboxylic acids is 2. The normalized spacial score (nSPS) is 11.0. The fraction of sp³-hybridized carbons (Fsp3) is 0.222. The lowest BCUT2D eigenvalue weighted by molar-refractivity contribution is -0.124. The second kappa shape index (κ2) is 8.57. The van der Waals surface area contributed by atoms with E-state index in [-0.39, 0.29) is 17.9 Å². The van der Waals surface area contributed by atoms with E-state index in [2.05, 4.69) is 5.32 Å². The number of hydrogen-bond donors (Lipinski definition) is 1. The van der Waals surface area contributed by atoms with Crippen LogP contribution in [-0.2, 0) is 31.7 Å². The van der Waals surface area contributed by atoms with E-state index in [1.807, 2.05) is 0 Å². The maximum Gasteiger partial charge on any atom is 0.338 e. The Labute approximate surface area is 150 Å². The molecule has 0 bridgehead atoms. The van der Waals surface area contributed by atoms with E-state index in [1.54, 1.807) is 18.2 Å². The molecule has 0 heterocycles. The monoisotopic (exact) mass is 379 g/mol. The lowest BCUT2D eigenvalue weighted by Crippen LogP contribution is -2.28. The third-order valence-corrected chi connectivity index (χ3v) is 4.24. The molecule has 8 heteroatoms. The van der Waals surface area contributed by atoms with Crippen molar-refractivity contribution in [2.24, 2.45) is 0 Å². The third kappa shape index (κ3) is 6.29. The average Bonchev–Trinajstić information content (AvgIpc) is 2.58. The van der Waals surface area contributed by atoms with Gasteiger partial charge in [-0.25, -0.2) is 17.6 Å². The minimum absolute atomic E-state index is 0.0107. The molecule has 1 N–H and O–H groups in total. The Kier molecular flexibility index (Phi) is 6.46. The Morgan fingerprint density at radius 2 is 1.73 bits per heavy atom. The summed E-state index contributed by atoms with van der Waals surface area (Å²) in [5.41, 5.74) is 1.07. The van der Waals surface area contributed by atoms with Gasteiger partial charge >= 0.3 is 5.97 Å². The molecule has 2 rings (SSSR count). The highest BCUT2D eigenvalue weighted by atomic mass is 32.2. The van der Waals surface area contributed by atoms with Crippen molar-refractivity contribution in [1.82, 2.24) is 5.32 Å². The van der Waals surface area contributed by atoms with Crippen LogP contribution in [0.15, 0.2) is 48.5 Å². The van der Waals surface area contributed by atoms with Crippen LogP contribution in [0.5, 0.6) is 0 Å². The summed E-state index contributed by atoms with van der Waals surface area (Å²) in [6.45, 7) is -0.512. The minimum Gasteiger partial charge on any atom is -0.452 e. The summed E-state index contributed by atoms with van der Waals surface area (Å²) in [5, 5.41) is 2.46. The Morgan fingerprint density at radius 1 is 1.08 bits per heavy atom. The van der Waals surface area contributed by atoms with E-state index in [4.69, 9.17) is 4.74 Å². The summed E-state index contributed by atoms with van der Waals surface area (Å²) in [7, 11) is -3.16. The first-order valence-corrected chi connectivity index (χ1v) is 9.74. The van der Waals surface area contributed by atoms with Crippen LogP contribution < -0.4 is 5.32 Å². The summed E-state index contributed by atoms with van der Waals surface area (Å²) in [5.74, 6) is -1.83. The maximum atomic E-state index is 13.4. The molecule has 2 aromatic rings. The molecule has 138 valence electrons. The van der Waals surface area contributed by atoms with E-state index in [1.165, 1.54) is 30.3 Å². The van der Waals surface area contributed by atoms with Crippen molar-refractivity contribution in [2.75, 3.05) is 12.9 Å². The topological polar surface area (TPSA) is 89.5 Å². The molecule has 0 saturated carbocycles. The van der Waals surface area contributed by atoms with Crippen molar-refractivity contribution < 1.29 is 27.1 Å². The molecule has 26 heavy (non-hydrogen) atoms. The fourth-order valence-electron chi connectivity index (χ4n) is 2.14. The van der Waals surface area contributed by atoms with E-state index in [0.717, 1.165) is 6.26 Å². The first-order valence-electron chi connectivity index (χ1n) is 7.68. The van der Waals surface area contributed by atoms with Gasteiger partial charge in [0.15, 0.2) is 16.4 Å². The maximum absolute atomic E-state index is 13.4. The smallest absolute Gasteiger partial charge is 0.338 e. The van der Waals surface area contributed by atoms with Gasteiger partial charge in [0.05, 0.1) is 11.3 Å². The number of sulfone groups is 1. The van der Waals surface area contributed by atoms with E-state index < -0.39 is 34.1 Å². The number of esters is 1. The predicted octanol–water partition coefficient (Wildman–Crippen LogP) is 1.84. The highest BCUT2D eigenvalue weighted by Gasteiger charge is 2.12. The number of ether oxygens (including phenoxy) is 1. The van der Waals surface area contributed by atoms with Crippen LogP contribution in [0, 0.1) is 5.82 Å². The van der Waals surface area contributed by atoms with Crippen molar-refractivity contribution in [1.29, 1.82) is 0 Å². The van der Waals surface area contributed by atoms with E-state index >= 15 is 0 Å². The lowest BCUT2D eigenvalue weighted by Gasteiger charge is -2.08. The quantitative estimate of drug-likeness (QED) is 0.742. The van der Waals surface area contributed by atoms with Crippen molar-refractivity contribution in [2.45, 2.75) is 12.3 Å². The number of nitrogens with one attached hydrogen (secondary N) is 1. The standard InChI is InChI=1S/C18H18FNO5S/c1-26(23,24)12-13-6-8-14(9-7-13)18(22)25-11-17(21)20-10-15-4-2-3-5-16(15)19/h2-9H,10-12H2,1H3,(H,20,21). The van der Waals surface area contributed by atoms with Gasteiger partial charge in [-0.05, 0) is 23.8 Å². The molecule has 0 fully saturated rings. The molecule has 0 aliphatic rings. The molecule has 0 unspecified atom stereocenters. The van der Waals surface area contributed by atoms with Crippen LogP contribution in [-0.4, -0.2) is 33.2 Å². The molecule has 0 atom stereocenters. The molecule has 0 saturated heterocycles. The molecule has 0 aromatic heterocycles. The van der Waals surface area contributed by atoms with Gasteiger partial charge in [-0.1, -0.05) is 30.3 Å². The summed E-state index contributed by atoms with van der Waals surface area (Å²) < 4.78 is 40.8. The van der Waals surface area contributed by atoms with Gasteiger partial charge in [0.1, 0.15) is 5.82 Å². The first-order chi connectivity index (χ1) is 12.2. The van der Waals surface area contributed by atoms with Crippen molar-refractivity contribution >= 4 is 21.7 Å². The number of hydrogen-bond acceptors (Lipinski definition) is 5. The Bertz CT molecular complexity index is 894. The number of amides is 1. The number of rotatable bonds is 7. The first kappa shape index (κ1) is 19.6. The highest BCUT2D eigenvalue weighted by molar-refractivity contribution is 7.89. The number of carbonyl (C=O) groups is 2. The van der Waals surface area contributed by atoms with E-state index in [9.17, 15) is 22.4 Å². The van der Waals surface area contributed by atoms with Crippen LogP contribution in [0.25, 0.3) is 0 Å². The van der Waals surface area contributed by atoms with Gasteiger partial charge < -0.3 is 10.1 Å². The molecular weight excluding hydrogens is 361 g/mol. The summed E-state index contributed by atoms with van der Waals surface area (Å²) in [6.07, 6.45) is 1.12. The SMILES string of the molecule is CS(=O)(=O)Cc1ccc(C(=O)OCC(=O)NCc2ccccc2F)cc1. The van der Waals surface area contributed by atoms with Gasteiger partial charge in [-0.3, -0.25) is 4.79 Å². The Morgan fingerprint density at radius 3 is 2.35 bits per heavy atom.